The van der Waals surface area contributed by atoms with Gasteiger partial charge in [0.2, 0.25) is 0 Å². The Hall–Kier alpha value is -2.23. The van der Waals surface area contributed by atoms with Crippen molar-refractivity contribution in [2.75, 3.05) is 0 Å². The summed E-state index contributed by atoms with van der Waals surface area (Å²) in [6, 6.07) is 7.23. The standard InChI is InChI=1S/C11H9N3O/c15-10-4-2-1-3-8(10)9-7-13-14-6-5-12-11(9)14/h1-7,12,15H. The van der Waals surface area contributed by atoms with E-state index in [1.165, 1.54) is 0 Å². The van der Waals surface area contributed by atoms with Gasteiger partial charge in [-0.25, -0.2) is 4.52 Å². The van der Waals surface area contributed by atoms with Crippen LogP contribution < -0.4 is 0 Å². The highest BCUT2D eigenvalue weighted by atomic mass is 16.3. The van der Waals surface area contributed by atoms with E-state index >= 15 is 0 Å². The molecule has 3 aromatic rings. The van der Waals surface area contributed by atoms with E-state index in [2.05, 4.69) is 10.1 Å². The number of nitrogens with one attached hydrogen (secondary N) is 1. The number of para-hydroxylation sites is 1. The molecule has 0 spiro atoms. The molecule has 0 aliphatic heterocycles. The predicted octanol–water partition coefficient (Wildman–Crippen LogP) is 2.03. The van der Waals surface area contributed by atoms with Crippen molar-refractivity contribution in [2.45, 2.75) is 0 Å². The van der Waals surface area contributed by atoms with Gasteiger partial charge in [0.15, 0.2) is 0 Å². The van der Waals surface area contributed by atoms with Crippen LogP contribution in [0.3, 0.4) is 0 Å². The summed E-state index contributed by atoms with van der Waals surface area (Å²) in [4.78, 5) is 3.08. The van der Waals surface area contributed by atoms with Crippen molar-refractivity contribution in [1.82, 2.24) is 14.6 Å². The predicted molar refractivity (Wildman–Crippen MR) is 56.6 cm³/mol. The van der Waals surface area contributed by atoms with Gasteiger partial charge in [-0.1, -0.05) is 18.2 Å². The number of aromatic hydroxyl groups is 1. The van der Waals surface area contributed by atoms with E-state index in [0.717, 1.165) is 16.8 Å². The molecule has 15 heavy (non-hydrogen) atoms. The molecule has 0 bridgehead atoms. The smallest absolute Gasteiger partial charge is 0.141 e. The molecule has 0 saturated carbocycles. The molecule has 0 radical (unpaired) electrons. The molecule has 0 unspecified atom stereocenters. The summed E-state index contributed by atoms with van der Waals surface area (Å²) < 4.78 is 1.74. The summed E-state index contributed by atoms with van der Waals surface area (Å²) in [6.07, 6.45) is 5.38. The van der Waals surface area contributed by atoms with E-state index in [4.69, 9.17) is 0 Å². The minimum absolute atomic E-state index is 0.266. The molecule has 0 atom stereocenters. The van der Waals surface area contributed by atoms with Crippen LogP contribution >= 0.6 is 0 Å². The van der Waals surface area contributed by atoms with Crippen LogP contribution in [0.25, 0.3) is 16.8 Å². The Labute approximate surface area is 85.8 Å². The van der Waals surface area contributed by atoms with Gasteiger partial charge in [0.1, 0.15) is 11.4 Å². The average Bonchev–Trinajstić information content (AvgIpc) is 2.80. The molecule has 1 aromatic carbocycles. The monoisotopic (exact) mass is 199 g/mol. The molecule has 4 heteroatoms. The first-order valence-corrected chi connectivity index (χ1v) is 4.65. The molecule has 0 fully saturated rings. The Balaban J connectivity index is 2.31. The van der Waals surface area contributed by atoms with Gasteiger partial charge in [0.05, 0.1) is 6.20 Å². The molecule has 74 valence electrons. The van der Waals surface area contributed by atoms with E-state index in [1.807, 2.05) is 24.5 Å². The fourth-order valence-electron chi connectivity index (χ4n) is 1.70. The SMILES string of the molecule is Oc1ccccc1-c1cnn2cc[nH]c12. The number of hydrogen-bond donors (Lipinski definition) is 2. The number of rotatable bonds is 1. The molecule has 3 rings (SSSR count). The van der Waals surface area contributed by atoms with E-state index in [1.54, 1.807) is 22.8 Å². The summed E-state index contributed by atoms with van der Waals surface area (Å²) in [5.74, 6) is 0.266. The number of benzene rings is 1. The lowest BCUT2D eigenvalue weighted by Gasteiger charge is -2.00. The molecule has 2 heterocycles. The summed E-state index contributed by atoms with van der Waals surface area (Å²) >= 11 is 0. The zero-order chi connectivity index (χ0) is 10.3. The van der Waals surface area contributed by atoms with Gasteiger partial charge in [-0.3, -0.25) is 0 Å². The topological polar surface area (TPSA) is 53.3 Å². The number of aromatic amines is 1. The lowest BCUT2D eigenvalue weighted by atomic mass is 10.1. The third kappa shape index (κ3) is 1.11. The van der Waals surface area contributed by atoms with Crippen molar-refractivity contribution in [3.63, 3.8) is 0 Å². The number of fused-ring (bicyclic) bond motifs is 1. The van der Waals surface area contributed by atoms with Crippen LogP contribution in [-0.2, 0) is 0 Å². The van der Waals surface area contributed by atoms with Gasteiger partial charge in [-0.15, -0.1) is 0 Å². The minimum atomic E-state index is 0.266. The lowest BCUT2D eigenvalue weighted by Crippen LogP contribution is -1.79. The number of aromatic nitrogens is 3. The first kappa shape index (κ1) is 8.11. The molecule has 0 aliphatic carbocycles. The molecular weight excluding hydrogens is 190 g/mol. The zero-order valence-electron chi connectivity index (χ0n) is 7.88. The van der Waals surface area contributed by atoms with E-state index < -0.39 is 0 Å². The Bertz CT molecular complexity index is 609. The summed E-state index contributed by atoms with van der Waals surface area (Å²) in [5, 5.41) is 13.9. The highest BCUT2D eigenvalue weighted by Gasteiger charge is 2.09. The molecule has 2 N–H and O–H groups in total. The van der Waals surface area contributed by atoms with Crippen molar-refractivity contribution in [1.29, 1.82) is 0 Å². The Morgan fingerprint density at radius 1 is 1.20 bits per heavy atom. The number of nitrogens with zero attached hydrogens (tertiary/aromatic N) is 2. The normalized spacial score (nSPS) is 10.9. The van der Waals surface area contributed by atoms with Gasteiger partial charge < -0.3 is 10.1 Å². The highest BCUT2D eigenvalue weighted by molar-refractivity contribution is 5.80. The second-order valence-electron chi connectivity index (χ2n) is 3.33. The molecule has 2 aromatic heterocycles. The number of H-pyrrole nitrogens is 1. The van der Waals surface area contributed by atoms with Crippen LogP contribution in [0.2, 0.25) is 0 Å². The maximum Gasteiger partial charge on any atom is 0.141 e. The molecular formula is C11H9N3O. The number of phenolic OH excluding ortho intramolecular Hbond substituents is 1. The Morgan fingerprint density at radius 3 is 2.93 bits per heavy atom. The van der Waals surface area contributed by atoms with Gasteiger partial charge in [0, 0.05) is 23.5 Å². The van der Waals surface area contributed by atoms with Crippen LogP contribution in [-0.4, -0.2) is 19.7 Å². The largest absolute Gasteiger partial charge is 0.507 e. The van der Waals surface area contributed by atoms with Crippen LogP contribution in [0.4, 0.5) is 0 Å². The van der Waals surface area contributed by atoms with Gasteiger partial charge in [-0.05, 0) is 6.07 Å². The first-order chi connectivity index (χ1) is 7.36. The van der Waals surface area contributed by atoms with E-state index in [-0.39, 0.29) is 5.75 Å². The van der Waals surface area contributed by atoms with Gasteiger partial charge >= 0.3 is 0 Å². The third-order valence-electron chi connectivity index (χ3n) is 2.43. The Morgan fingerprint density at radius 2 is 2.07 bits per heavy atom. The molecule has 0 aliphatic rings. The second-order valence-corrected chi connectivity index (χ2v) is 3.33. The summed E-state index contributed by atoms with van der Waals surface area (Å²) in [7, 11) is 0. The van der Waals surface area contributed by atoms with Crippen molar-refractivity contribution in [3.05, 3.63) is 42.9 Å². The van der Waals surface area contributed by atoms with Crippen LogP contribution in [0.15, 0.2) is 42.9 Å². The number of hydrogen-bond acceptors (Lipinski definition) is 2. The quantitative estimate of drug-likeness (QED) is 0.630. The second kappa shape index (κ2) is 2.88. The van der Waals surface area contributed by atoms with Crippen LogP contribution in [0.5, 0.6) is 5.75 Å². The average molecular weight is 199 g/mol. The summed E-state index contributed by atoms with van der Waals surface area (Å²) in [5.41, 5.74) is 2.57. The molecule has 0 saturated heterocycles. The molecule has 4 nitrogen and oxygen atoms in total. The zero-order valence-corrected chi connectivity index (χ0v) is 7.88. The Kier molecular flexibility index (Phi) is 1.56. The third-order valence-corrected chi connectivity index (χ3v) is 2.43. The fourth-order valence-corrected chi connectivity index (χ4v) is 1.70. The van der Waals surface area contributed by atoms with Crippen molar-refractivity contribution in [3.8, 4) is 16.9 Å². The lowest BCUT2D eigenvalue weighted by molar-refractivity contribution is 0.477. The first-order valence-electron chi connectivity index (χ1n) is 4.65. The minimum Gasteiger partial charge on any atom is -0.507 e. The van der Waals surface area contributed by atoms with Gasteiger partial charge in [-0.2, -0.15) is 5.10 Å². The fraction of sp³-hybridized carbons (Fsp3) is 0. The van der Waals surface area contributed by atoms with Crippen LogP contribution in [0.1, 0.15) is 0 Å². The highest BCUT2D eigenvalue weighted by Crippen LogP contribution is 2.30. The summed E-state index contributed by atoms with van der Waals surface area (Å²) in [6.45, 7) is 0. The number of phenols is 1. The van der Waals surface area contributed by atoms with Crippen molar-refractivity contribution in [2.24, 2.45) is 0 Å². The molecule has 0 amide bonds. The van der Waals surface area contributed by atoms with Crippen molar-refractivity contribution >= 4 is 5.65 Å². The maximum atomic E-state index is 9.73. The number of imidazole rings is 1. The maximum absolute atomic E-state index is 9.73. The van der Waals surface area contributed by atoms with E-state index in [0.29, 0.717) is 0 Å². The van der Waals surface area contributed by atoms with Gasteiger partial charge in [0.25, 0.3) is 0 Å². The van der Waals surface area contributed by atoms with Crippen molar-refractivity contribution < 1.29 is 5.11 Å². The van der Waals surface area contributed by atoms with Crippen LogP contribution in [0, 0.1) is 0 Å². The van der Waals surface area contributed by atoms with E-state index in [9.17, 15) is 5.11 Å².